The molecule has 0 N–H and O–H groups in total. The Bertz CT molecular complexity index is 957. The molecular formula is C20H14ClO2P. The predicted octanol–water partition coefficient (Wildman–Crippen LogP) is 6.36. The second kappa shape index (κ2) is 5.51. The van der Waals surface area contributed by atoms with Crippen molar-refractivity contribution in [1.82, 2.24) is 0 Å². The summed E-state index contributed by atoms with van der Waals surface area (Å²) >= 11 is 6.32. The average Bonchev–Trinajstić information content (AvgIpc) is 2.77. The van der Waals surface area contributed by atoms with Crippen LogP contribution in [0.1, 0.15) is 11.5 Å². The number of hydrogen-bond donors (Lipinski definition) is 0. The van der Waals surface area contributed by atoms with Crippen molar-refractivity contribution < 1.29 is 9.05 Å². The molecule has 0 aromatic heterocycles. The van der Waals surface area contributed by atoms with E-state index in [0.29, 0.717) is 0 Å². The molecule has 2 aromatic rings. The summed E-state index contributed by atoms with van der Waals surface area (Å²) < 4.78 is 11.9. The van der Waals surface area contributed by atoms with Gasteiger partial charge in [0.05, 0.1) is 5.92 Å². The zero-order valence-electron chi connectivity index (χ0n) is 12.7. The zero-order chi connectivity index (χ0) is 16.1. The van der Waals surface area contributed by atoms with Gasteiger partial charge in [-0.15, -0.1) is 0 Å². The molecule has 3 unspecified atom stereocenters. The van der Waals surface area contributed by atoms with E-state index in [1.807, 2.05) is 12.1 Å². The minimum atomic E-state index is -1.50. The Morgan fingerprint density at radius 1 is 0.958 bits per heavy atom. The van der Waals surface area contributed by atoms with Crippen LogP contribution in [0.25, 0.3) is 10.8 Å². The maximum atomic E-state index is 6.32. The first-order valence-corrected chi connectivity index (χ1v) is 10.00. The van der Waals surface area contributed by atoms with Crippen molar-refractivity contribution in [3.63, 3.8) is 0 Å². The van der Waals surface area contributed by atoms with Gasteiger partial charge < -0.3 is 9.05 Å². The summed E-state index contributed by atoms with van der Waals surface area (Å²) in [6.07, 6.45) is 12.7. The lowest BCUT2D eigenvalue weighted by Crippen LogP contribution is -2.19. The van der Waals surface area contributed by atoms with E-state index in [1.54, 1.807) is 0 Å². The van der Waals surface area contributed by atoms with Crippen LogP contribution in [0.15, 0.2) is 84.2 Å². The van der Waals surface area contributed by atoms with Gasteiger partial charge in [0.25, 0.3) is 0 Å². The molecule has 1 heterocycles. The highest BCUT2D eigenvalue weighted by Gasteiger charge is 2.38. The van der Waals surface area contributed by atoms with Crippen LogP contribution in [0.4, 0.5) is 0 Å². The van der Waals surface area contributed by atoms with Crippen molar-refractivity contribution in [3.05, 3.63) is 89.8 Å². The number of fused-ring (bicyclic) bond motifs is 7. The van der Waals surface area contributed by atoms with E-state index in [0.717, 1.165) is 11.5 Å². The van der Waals surface area contributed by atoms with Gasteiger partial charge in [-0.25, -0.2) is 0 Å². The van der Waals surface area contributed by atoms with E-state index >= 15 is 0 Å². The van der Waals surface area contributed by atoms with E-state index < -0.39 is 7.73 Å². The number of rotatable bonds is 0. The van der Waals surface area contributed by atoms with Crippen LogP contribution in [0, 0.1) is 5.92 Å². The van der Waals surface area contributed by atoms with Crippen molar-refractivity contribution in [3.8, 4) is 5.75 Å². The minimum absolute atomic E-state index is 0.0820. The third kappa shape index (κ3) is 2.14. The maximum Gasteiger partial charge on any atom is 0.400 e. The number of benzene rings is 2. The second-order valence-corrected chi connectivity index (χ2v) is 7.70. The second-order valence-electron chi connectivity index (χ2n) is 6.08. The van der Waals surface area contributed by atoms with Crippen LogP contribution >= 0.6 is 19.0 Å². The van der Waals surface area contributed by atoms with Gasteiger partial charge in [-0.3, -0.25) is 0 Å². The Morgan fingerprint density at radius 2 is 1.88 bits per heavy atom. The standard InChI is InChI=1S/C20H14ClO2P/c21-24-22-17-11-9-13-5-1-3-7-15(13)19(17)20-16-8-4-2-6-14(16)10-12-18(20)23-24/h1-12,15,19H. The monoisotopic (exact) mass is 352 g/mol. The van der Waals surface area contributed by atoms with E-state index in [2.05, 4.69) is 60.7 Å². The SMILES string of the molecule is ClP1OC2=CC=C3C=CC=CC3C2c2c(ccc3ccccc23)O1. The number of hydrogen-bond acceptors (Lipinski definition) is 2. The highest BCUT2D eigenvalue weighted by Crippen LogP contribution is 2.58. The zero-order valence-corrected chi connectivity index (χ0v) is 14.4. The van der Waals surface area contributed by atoms with Crippen LogP contribution in [0.2, 0.25) is 0 Å². The summed E-state index contributed by atoms with van der Waals surface area (Å²) in [5.41, 5.74) is 2.45. The fraction of sp³-hybridized carbons (Fsp3) is 0.100. The molecule has 0 amide bonds. The third-order valence-electron chi connectivity index (χ3n) is 4.80. The van der Waals surface area contributed by atoms with E-state index in [9.17, 15) is 0 Å². The van der Waals surface area contributed by atoms with Crippen molar-refractivity contribution in [2.45, 2.75) is 5.92 Å². The maximum absolute atomic E-state index is 6.32. The summed E-state index contributed by atoms with van der Waals surface area (Å²) in [7, 11) is -1.50. The molecule has 5 rings (SSSR count). The smallest absolute Gasteiger partial charge is 0.400 e. The molecule has 3 atom stereocenters. The normalized spacial score (nSPS) is 27.0. The van der Waals surface area contributed by atoms with E-state index in [4.69, 9.17) is 20.3 Å². The molecule has 2 aromatic carbocycles. The van der Waals surface area contributed by atoms with Gasteiger partial charge in [-0.1, -0.05) is 60.7 Å². The molecule has 0 bridgehead atoms. The van der Waals surface area contributed by atoms with Gasteiger partial charge in [-0.2, -0.15) is 0 Å². The van der Waals surface area contributed by atoms with Crippen LogP contribution in [-0.4, -0.2) is 0 Å². The topological polar surface area (TPSA) is 18.5 Å². The summed E-state index contributed by atoms with van der Waals surface area (Å²) in [4.78, 5) is 0. The molecule has 118 valence electrons. The fourth-order valence-corrected chi connectivity index (χ4v) is 4.92. The first-order valence-electron chi connectivity index (χ1n) is 7.91. The lowest BCUT2D eigenvalue weighted by molar-refractivity contribution is 0.383. The predicted molar refractivity (Wildman–Crippen MR) is 99.1 cm³/mol. The van der Waals surface area contributed by atoms with Crippen LogP contribution < -0.4 is 4.52 Å². The molecule has 2 nitrogen and oxygen atoms in total. The highest BCUT2D eigenvalue weighted by atomic mass is 35.7. The molecule has 1 aliphatic heterocycles. The largest absolute Gasteiger partial charge is 0.431 e. The van der Waals surface area contributed by atoms with Crippen molar-refractivity contribution in [2.75, 3.05) is 0 Å². The number of halogens is 1. The Labute approximate surface area is 146 Å². The van der Waals surface area contributed by atoms with Gasteiger partial charge >= 0.3 is 7.73 Å². The molecule has 3 aliphatic rings. The Balaban J connectivity index is 1.81. The molecule has 4 heteroatoms. The van der Waals surface area contributed by atoms with Gasteiger partial charge in [0.2, 0.25) is 0 Å². The van der Waals surface area contributed by atoms with Gasteiger partial charge in [0, 0.05) is 11.5 Å². The molecule has 2 aliphatic carbocycles. The average molecular weight is 353 g/mol. The van der Waals surface area contributed by atoms with Crippen LogP contribution in [-0.2, 0) is 4.52 Å². The lowest BCUT2D eigenvalue weighted by atomic mass is 9.74. The summed E-state index contributed by atoms with van der Waals surface area (Å²) in [6.45, 7) is 0. The quantitative estimate of drug-likeness (QED) is 0.513. The van der Waals surface area contributed by atoms with Crippen molar-refractivity contribution >= 4 is 29.7 Å². The fourth-order valence-electron chi connectivity index (χ4n) is 3.77. The summed E-state index contributed by atoms with van der Waals surface area (Å²) in [6, 6.07) is 12.5. The van der Waals surface area contributed by atoms with Gasteiger partial charge in [-0.05, 0) is 39.7 Å². The lowest BCUT2D eigenvalue weighted by Gasteiger charge is -2.31. The van der Waals surface area contributed by atoms with Crippen LogP contribution in [0.5, 0.6) is 5.75 Å². The minimum Gasteiger partial charge on any atom is -0.431 e. The molecule has 0 saturated heterocycles. The first-order chi connectivity index (χ1) is 11.8. The van der Waals surface area contributed by atoms with Gasteiger partial charge in [0.1, 0.15) is 11.5 Å². The molecule has 0 spiro atoms. The molecule has 24 heavy (non-hydrogen) atoms. The third-order valence-corrected chi connectivity index (χ3v) is 5.91. The highest BCUT2D eigenvalue weighted by molar-refractivity contribution is 7.76. The molecular weight excluding hydrogens is 339 g/mol. The van der Waals surface area contributed by atoms with E-state index in [-0.39, 0.29) is 11.8 Å². The molecule has 0 fully saturated rings. The van der Waals surface area contributed by atoms with Crippen molar-refractivity contribution in [1.29, 1.82) is 0 Å². The van der Waals surface area contributed by atoms with Crippen molar-refractivity contribution in [2.24, 2.45) is 5.92 Å². The van der Waals surface area contributed by atoms with Crippen LogP contribution in [0.3, 0.4) is 0 Å². The Morgan fingerprint density at radius 3 is 2.83 bits per heavy atom. The van der Waals surface area contributed by atoms with Gasteiger partial charge in [0.15, 0.2) is 0 Å². The molecule has 0 saturated carbocycles. The summed E-state index contributed by atoms with van der Waals surface area (Å²) in [5.74, 6) is 2.03. The summed E-state index contributed by atoms with van der Waals surface area (Å²) in [5, 5.41) is 2.40. The van der Waals surface area contributed by atoms with E-state index in [1.165, 1.54) is 21.9 Å². The Hall–Kier alpha value is -2.02. The molecule has 0 radical (unpaired) electrons. The number of allylic oxidation sites excluding steroid dienone is 8. The Kier molecular flexibility index (Phi) is 3.29. The first kappa shape index (κ1) is 14.3.